The van der Waals surface area contributed by atoms with Crippen molar-refractivity contribution in [2.75, 3.05) is 16.8 Å². The van der Waals surface area contributed by atoms with E-state index in [2.05, 4.69) is 10.1 Å². The summed E-state index contributed by atoms with van der Waals surface area (Å²) in [4.78, 5) is 25.6. The molecule has 2 amide bonds. The van der Waals surface area contributed by atoms with E-state index in [1.54, 1.807) is 24.3 Å². The van der Waals surface area contributed by atoms with Gasteiger partial charge in [0.2, 0.25) is 11.8 Å². The van der Waals surface area contributed by atoms with E-state index in [9.17, 15) is 22.8 Å². The van der Waals surface area contributed by atoms with Crippen LogP contribution in [0.4, 0.5) is 24.5 Å². The Morgan fingerprint density at radius 1 is 1.12 bits per heavy atom. The molecule has 130 valence electrons. The maximum absolute atomic E-state index is 12.5. The molecule has 0 bridgehead atoms. The van der Waals surface area contributed by atoms with Crippen molar-refractivity contribution in [2.45, 2.75) is 12.8 Å². The van der Waals surface area contributed by atoms with Crippen molar-refractivity contribution < 1.29 is 27.5 Å². The van der Waals surface area contributed by atoms with Crippen LogP contribution in [0.15, 0.2) is 48.5 Å². The number of halogens is 3. The minimum absolute atomic E-state index is 0.0477. The number of nitrogens with zero attached hydrogens (tertiary/aromatic N) is 1. The number of benzene rings is 2. The number of rotatable bonds is 3. The molecule has 0 spiro atoms. The Hall–Kier alpha value is -3.03. The zero-order valence-corrected chi connectivity index (χ0v) is 12.8. The van der Waals surface area contributed by atoms with Crippen LogP contribution in [0.2, 0.25) is 0 Å². The Bertz CT molecular complexity index is 804. The van der Waals surface area contributed by atoms with Gasteiger partial charge in [-0.15, -0.1) is 13.2 Å². The summed E-state index contributed by atoms with van der Waals surface area (Å²) in [6, 6.07) is 12.0. The fourth-order valence-corrected chi connectivity index (χ4v) is 2.53. The smallest absolute Gasteiger partial charge is 0.406 e. The van der Waals surface area contributed by atoms with Crippen molar-refractivity contribution in [1.29, 1.82) is 0 Å². The van der Waals surface area contributed by atoms with Crippen LogP contribution in [-0.2, 0) is 16.0 Å². The molecule has 0 saturated carbocycles. The highest BCUT2D eigenvalue weighted by Gasteiger charge is 2.31. The second kappa shape index (κ2) is 6.46. The summed E-state index contributed by atoms with van der Waals surface area (Å²) >= 11 is 0. The zero-order chi connectivity index (χ0) is 18.0. The average molecular weight is 350 g/mol. The van der Waals surface area contributed by atoms with Crippen LogP contribution in [0.5, 0.6) is 5.75 Å². The van der Waals surface area contributed by atoms with E-state index in [1.165, 1.54) is 17.0 Å². The maximum atomic E-state index is 12.5. The van der Waals surface area contributed by atoms with Crippen molar-refractivity contribution in [3.05, 3.63) is 54.1 Å². The third-order valence-corrected chi connectivity index (χ3v) is 3.58. The van der Waals surface area contributed by atoms with E-state index < -0.39 is 6.36 Å². The van der Waals surface area contributed by atoms with E-state index in [4.69, 9.17) is 0 Å². The molecule has 8 heteroatoms. The van der Waals surface area contributed by atoms with Gasteiger partial charge in [-0.25, -0.2) is 0 Å². The highest BCUT2D eigenvalue weighted by Crippen LogP contribution is 2.29. The topological polar surface area (TPSA) is 58.6 Å². The van der Waals surface area contributed by atoms with Gasteiger partial charge in [0.25, 0.3) is 0 Å². The monoisotopic (exact) mass is 350 g/mol. The molecule has 1 N–H and O–H groups in total. The molecule has 0 radical (unpaired) electrons. The quantitative estimate of drug-likeness (QED) is 0.925. The van der Waals surface area contributed by atoms with Crippen LogP contribution in [0.3, 0.4) is 0 Å². The first-order chi connectivity index (χ1) is 11.8. The first kappa shape index (κ1) is 16.8. The molecule has 0 unspecified atom stereocenters. The summed E-state index contributed by atoms with van der Waals surface area (Å²) in [6.45, 7) is -0.106. The molecule has 0 aliphatic carbocycles. The number of carbonyl (C=O) groups excluding carboxylic acids is 2. The normalized spacial score (nSPS) is 13.9. The van der Waals surface area contributed by atoms with Gasteiger partial charge in [0.1, 0.15) is 12.3 Å². The lowest BCUT2D eigenvalue weighted by Crippen LogP contribution is -2.42. The summed E-state index contributed by atoms with van der Waals surface area (Å²) in [5.41, 5.74) is 1.65. The minimum Gasteiger partial charge on any atom is -0.406 e. The van der Waals surface area contributed by atoms with E-state index in [1.807, 2.05) is 0 Å². The van der Waals surface area contributed by atoms with Crippen LogP contribution >= 0.6 is 0 Å². The molecule has 5 nitrogen and oxygen atoms in total. The van der Waals surface area contributed by atoms with E-state index in [0.29, 0.717) is 16.9 Å². The van der Waals surface area contributed by atoms with Gasteiger partial charge < -0.3 is 15.0 Å². The molecule has 0 aromatic heterocycles. The molecule has 0 saturated heterocycles. The van der Waals surface area contributed by atoms with Gasteiger partial charge in [-0.2, -0.15) is 0 Å². The van der Waals surface area contributed by atoms with Gasteiger partial charge in [-0.1, -0.05) is 24.3 Å². The second-order valence-corrected chi connectivity index (χ2v) is 5.41. The number of hydrogen-bond acceptors (Lipinski definition) is 3. The van der Waals surface area contributed by atoms with E-state index in [-0.39, 0.29) is 30.5 Å². The Morgan fingerprint density at radius 3 is 2.48 bits per heavy atom. The lowest BCUT2D eigenvalue weighted by Gasteiger charge is -2.29. The molecule has 25 heavy (non-hydrogen) atoms. The van der Waals surface area contributed by atoms with Gasteiger partial charge in [0.05, 0.1) is 17.8 Å². The van der Waals surface area contributed by atoms with Crippen LogP contribution in [0.1, 0.15) is 5.56 Å². The second-order valence-electron chi connectivity index (χ2n) is 5.41. The highest BCUT2D eigenvalue weighted by molar-refractivity contribution is 6.10. The van der Waals surface area contributed by atoms with Crippen LogP contribution < -0.4 is 15.0 Å². The molecule has 1 aliphatic rings. The van der Waals surface area contributed by atoms with Gasteiger partial charge in [-0.3, -0.25) is 9.59 Å². The predicted molar refractivity (Wildman–Crippen MR) is 84.3 cm³/mol. The summed E-state index contributed by atoms with van der Waals surface area (Å²) in [5, 5.41) is 2.68. The number of hydrogen-bond donors (Lipinski definition) is 1. The Labute approximate surface area is 141 Å². The largest absolute Gasteiger partial charge is 0.573 e. The summed E-state index contributed by atoms with van der Waals surface area (Å²) in [6.07, 6.45) is -4.81. The Morgan fingerprint density at radius 2 is 1.80 bits per heavy atom. The van der Waals surface area contributed by atoms with Crippen molar-refractivity contribution in [3.8, 4) is 5.75 Å². The van der Waals surface area contributed by atoms with Crippen LogP contribution in [0, 0.1) is 0 Å². The fraction of sp³-hybridized carbons (Fsp3) is 0.176. The number of nitrogens with one attached hydrogen (secondary N) is 1. The molecule has 2 aromatic carbocycles. The molecule has 3 rings (SSSR count). The van der Waals surface area contributed by atoms with Crippen molar-refractivity contribution in [1.82, 2.24) is 0 Å². The molecular weight excluding hydrogens is 337 g/mol. The number of anilines is 2. The SMILES string of the molecule is O=C1CN(C(=O)Cc2ccc(OC(F)(F)F)cc2)c2ccccc2N1. The summed E-state index contributed by atoms with van der Waals surface area (Å²) in [7, 11) is 0. The van der Waals surface area contributed by atoms with Gasteiger partial charge in [0.15, 0.2) is 0 Å². The van der Waals surface area contributed by atoms with E-state index in [0.717, 1.165) is 12.1 Å². The lowest BCUT2D eigenvalue weighted by atomic mass is 10.1. The number of amides is 2. The zero-order valence-electron chi connectivity index (χ0n) is 12.8. The van der Waals surface area contributed by atoms with Crippen molar-refractivity contribution in [3.63, 3.8) is 0 Å². The standard InChI is InChI=1S/C17H13F3N2O3/c18-17(19,20)25-12-7-5-11(6-8-12)9-16(24)22-10-15(23)21-13-3-1-2-4-14(13)22/h1-8H,9-10H2,(H,21,23). The third-order valence-electron chi connectivity index (χ3n) is 3.58. The predicted octanol–water partition coefficient (Wildman–Crippen LogP) is 3.11. The number of ether oxygens (including phenoxy) is 1. The van der Waals surface area contributed by atoms with Gasteiger partial charge >= 0.3 is 6.36 Å². The number of para-hydroxylation sites is 2. The molecule has 2 aromatic rings. The first-order valence-electron chi connectivity index (χ1n) is 7.36. The molecule has 1 aliphatic heterocycles. The first-order valence-corrected chi connectivity index (χ1v) is 7.36. The van der Waals surface area contributed by atoms with Crippen LogP contribution in [-0.4, -0.2) is 24.7 Å². The molecular formula is C17H13F3N2O3. The summed E-state index contributed by atoms with van der Waals surface area (Å²) < 4.78 is 40.2. The number of fused-ring (bicyclic) bond motifs is 1. The Balaban J connectivity index is 1.73. The van der Waals surface area contributed by atoms with Gasteiger partial charge in [0, 0.05) is 0 Å². The molecule has 0 fully saturated rings. The Kier molecular flexibility index (Phi) is 4.35. The maximum Gasteiger partial charge on any atom is 0.573 e. The number of alkyl halides is 3. The van der Waals surface area contributed by atoms with Crippen molar-refractivity contribution in [2.24, 2.45) is 0 Å². The lowest BCUT2D eigenvalue weighted by molar-refractivity contribution is -0.274. The van der Waals surface area contributed by atoms with Crippen molar-refractivity contribution >= 4 is 23.2 Å². The van der Waals surface area contributed by atoms with Crippen LogP contribution in [0.25, 0.3) is 0 Å². The third kappa shape index (κ3) is 4.09. The summed E-state index contributed by atoms with van der Waals surface area (Å²) in [5.74, 6) is -0.987. The number of carbonyl (C=O) groups is 2. The van der Waals surface area contributed by atoms with Gasteiger partial charge in [-0.05, 0) is 29.8 Å². The highest BCUT2D eigenvalue weighted by atomic mass is 19.4. The average Bonchev–Trinajstić information content (AvgIpc) is 2.54. The molecule has 1 heterocycles. The minimum atomic E-state index is -4.76. The fourth-order valence-electron chi connectivity index (χ4n) is 2.53. The van der Waals surface area contributed by atoms with E-state index >= 15 is 0 Å². The molecule has 0 atom stereocenters.